The van der Waals surface area contributed by atoms with Gasteiger partial charge >= 0.3 is 12.4 Å². The van der Waals surface area contributed by atoms with Crippen LogP contribution in [0.5, 0.6) is 11.5 Å². The van der Waals surface area contributed by atoms with Crippen molar-refractivity contribution in [3.8, 4) is 22.6 Å². The number of nitrogens with zero attached hydrogens (tertiary/aromatic N) is 1. The number of imide groups is 1. The molecule has 0 unspecified atom stereocenters. The molecule has 1 heterocycles. The number of nitrogens with one attached hydrogen (secondary N) is 2. The minimum Gasteiger partial charge on any atom is -0.494 e. The lowest BCUT2D eigenvalue weighted by atomic mass is 10.1. The molecule has 33 heavy (non-hydrogen) atoms. The summed E-state index contributed by atoms with van der Waals surface area (Å²) in [4.78, 5) is 25.1. The summed E-state index contributed by atoms with van der Waals surface area (Å²) in [5.41, 5.74) is 2.41. The van der Waals surface area contributed by atoms with Gasteiger partial charge in [0.25, 0.3) is 5.91 Å². The topological polar surface area (TPSA) is 100 Å². The van der Waals surface area contributed by atoms with E-state index in [0.717, 1.165) is 11.1 Å². The maximum Gasteiger partial charge on any atom is 0.573 e. The second kappa shape index (κ2) is 11.0. The van der Waals surface area contributed by atoms with E-state index >= 15 is 0 Å². The molecule has 0 aromatic heterocycles. The van der Waals surface area contributed by atoms with E-state index < -0.39 is 17.9 Å². The lowest BCUT2D eigenvalue weighted by Gasteiger charge is -2.16. The van der Waals surface area contributed by atoms with Gasteiger partial charge in [-0.25, -0.2) is 10.3 Å². The van der Waals surface area contributed by atoms with Crippen molar-refractivity contribution in [1.82, 2.24) is 15.7 Å². The van der Waals surface area contributed by atoms with Gasteiger partial charge in [0.15, 0.2) is 0 Å². The van der Waals surface area contributed by atoms with Crippen LogP contribution in [0, 0.1) is 0 Å². The Bertz CT molecular complexity index is 932. The van der Waals surface area contributed by atoms with Crippen molar-refractivity contribution in [3.63, 3.8) is 0 Å². The highest BCUT2D eigenvalue weighted by Crippen LogP contribution is 2.27. The fourth-order valence-corrected chi connectivity index (χ4v) is 3.03. The summed E-state index contributed by atoms with van der Waals surface area (Å²) in [6, 6.07) is 12.2. The summed E-state index contributed by atoms with van der Waals surface area (Å²) in [5, 5.41) is 9.94. The molecule has 0 atom stereocenters. The number of hydrogen-bond acceptors (Lipinski definition) is 6. The Balaban J connectivity index is 0.00000122. The average molecular weight is 469 g/mol. The number of benzene rings is 2. The fourth-order valence-electron chi connectivity index (χ4n) is 3.03. The van der Waals surface area contributed by atoms with Gasteiger partial charge in [-0.05, 0) is 55.7 Å². The molecular formula is C22H26F3N3O5. The van der Waals surface area contributed by atoms with Gasteiger partial charge in [-0.15, -0.1) is 13.2 Å². The summed E-state index contributed by atoms with van der Waals surface area (Å²) in [6.45, 7) is 3.89. The number of urea groups is 1. The van der Waals surface area contributed by atoms with E-state index in [4.69, 9.17) is 9.94 Å². The van der Waals surface area contributed by atoms with Crippen LogP contribution in [-0.4, -0.2) is 54.1 Å². The zero-order valence-corrected chi connectivity index (χ0v) is 18.4. The zero-order valence-electron chi connectivity index (χ0n) is 18.4. The van der Waals surface area contributed by atoms with Crippen LogP contribution in [0.3, 0.4) is 0 Å². The fraction of sp³-hybridized carbons (Fsp3) is 0.364. The molecule has 0 spiro atoms. The summed E-state index contributed by atoms with van der Waals surface area (Å²) in [5.74, 6) is 0.0663. The van der Waals surface area contributed by atoms with E-state index in [9.17, 15) is 22.8 Å². The summed E-state index contributed by atoms with van der Waals surface area (Å²) >= 11 is 0. The molecule has 1 fully saturated rings. The Morgan fingerprint density at radius 1 is 1.00 bits per heavy atom. The maximum absolute atomic E-state index is 12.2. The molecule has 1 saturated heterocycles. The van der Waals surface area contributed by atoms with Crippen molar-refractivity contribution in [2.75, 3.05) is 20.2 Å². The van der Waals surface area contributed by atoms with Crippen molar-refractivity contribution < 1.29 is 37.4 Å². The molecule has 0 bridgehead atoms. The summed E-state index contributed by atoms with van der Waals surface area (Å²) in [6.07, 6.45) is -4.24. The van der Waals surface area contributed by atoms with E-state index in [-0.39, 0.29) is 18.2 Å². The smallest absolute Gasteiger partial charge is 0.494 e. The van der Waals surface area contributed by atoms with Gasteiger partial charge in [-0.1, -0.05) is 24.3 Å². The Hall–Kier alpha value is -3.31. The molecule has 3 amide bonds. The number of rotatable bonds is 7. The molecule has 3 rings (SSSR count). The van der Waals surface area contributed by atoms with E-state index in [0.29, 0.717) is 18.8 Å². The quantitative estimate of drug-likeness (QED) is 0.323. The number of hydrogen-bond donors (Lipinski definition) is 3. The molecule has 11 heteroatoms. The summed E-state index contributed by atoms with van der Waals surface area (Å²) < 4.78 is 46.2. The molecule has 3 N–H and O–H groups in total. The van der Waals surface area contributed by atoms with Gasteiger partial charge < -0.3 is 20.0 Å². The second-order valence-electron chi connectivity index (χ2n) is 7.53. The highest BCUT2D eigenvalue weighted by Gasteiger charge is 2.43. The maximum atomic E-state index is 12.2. The van der Waals surface area contributed by atoms with Crippen LogP contribution in [0.4, 0.5) is 18.0 Å². The van der Waals surface area contributed by atoms with Crippen LogP contribution in [0.15, 0.2) is 48.5 Å². The van der Waals surface area contributed by atoms with Gasteiger partial charge in [0, 0.05) is 13.6 Å². The van der Waals surface area contributed by atoms with Crippen LogP contribution in [0.25, 0.3) is 11.1 Å². The Morgan fingerprint density at radius 3 is 1.91 bits per heavy atom. The lowest BCUT2D eigenvalue weighted by Crippen LogP contribution is -2.40. The van der Waals surface area contributed by atoms with Gasteiger partial charge in [-0.3, -0.25) is 9.69 Å². The molecule has 0 aliphatic carbocycles. The molecule has 2 aromatic rings. The van der Waals surface area contributed by atoms with Crippen molar-refractivity contribution in [2.45, 2.75) is 32.2 Å². The molecule has 1 aliphatic rings. The highest BCUT2D eigenvalue weighted by molar-refractivity contribution is 6.06. The van der Waals surface area contributed by atoms with E-state index in [1.807, 2.05) is 0 Å². The van der Waals surface area contributed by atoms with Gasteiger partial charge in [-0.2, -0.15) is 0 Å². The number of ether oxygens (including phenoxy) is 2. The largest absolute Gasteiger partial charge is 0.573 e. The Morgan fingerprint density at radius 2 is 1.48 bits per heavy atom. The first-order chi connectivity index (χ1) is 15.5. The number of alkyl halides is 3. The van der Waals surface area contributed by atoms with E-state index in [1.165, 1.54) is 36.2 Å². The number of hydroxylamine groups is 1. The van der Waals surface area contributed by atoms with E-state index in [1.54, 1.807) is 43.6 Å². The average Bonchev–Trinajstić information content (AvgIpc) is 2.93. The highest BCUT2D eigenvalue weighted by atomic mass is 19.4. The van der Waals surface area contributed by atoms with Gasteiger partial charge in [0.2, 0.25) is 0 Å². The molecule has 0 radical (unpaired) electrons. The SMILES string of the molecule is CC1(C)NC(=O)N(CCCOc2ccc(-c3ccc(OC(F)(F)F)cc3)cc2)C1=O.CNO. The molecule has 180 valence electrons. The predicted octanol–water partition coefficient (Wildman–Crippen LogP) is 3.95. The molecule has 1 aliphatic heterocycles. The minimum atomic E-state index is -4.72. The monoisotopic (exact) mass is 469 g/mol. The third kappa shape index (κ3) is 7.65. The third-order valence-electron chi connectivity index (χ3n) is 4.51. The predicted molar refractivity (Wildman–Crippen MR) is 114 cm³/mol. The van der Waals surface area contributed by atoms with Crippen molar-refractivity contribution in [1.29, 1.82) is 0 Å². The van der Waals surface area contributed by atoms with Crippen LogP contribution in [-0.2, 0) is 4.79 Å². The van der Waals surface area contributed by atoms with Crippen molar-refractivity contribution in [2.24, 2.45) is 0 Å². The van der Waals surface area contributed by atoms with Crippen LogP contribution in [0.1, 0.15) is 20.3 Å². The Labute approximate surface area is 189 Å². The first kappa shape index (κ1) is 25.9. The third-order valence-corrected chi connectivity index (χ3v) is 4.51. The number of carbonyl (C=O) groups is 2. The lowest BCUT2D eigenvalue weighted by molar-refractivity contribution is -0.274. The molecule has 8 nitrogen and oxygen atoms in total. The normalized spacial score (nSPS) is 14.9. The molecule has 0 saturated carbocycles. The standard InChI is InChI=1S/C21H21F3N2O4.CH5NO/c1-20(2)18(27)26(19(28)25-20)12-3-13-29-16-8-4-14(5-9-16)15-6-10-17(11-7-15)30-21(22,23)24;1-2-3/h4-11H,3,12-13H2,1-2H3,(H,25,28);2-3H,1H3. The van der Waals surface area contributed by atoms with Crippen LogP contribution in [0.2, 0.25) is 0 Å². The minimum absolute atomic E-state index is 0.261. The van der Waals surface area contributed by atoms with Crippen molar-refractivity contribution >= 4 is 11.9 Å². The van der Waals surface area contributed by atoms with Crippen LogP contribution < -0.4 is 20.3 Å². The van der Waals surface area contributed by atoms with Crippen molar-refractivity contribution in [3.05, 3.63) is 48.5 Å². The first-order valence-corrected chi connectivity index (χ1v) is 10.0. The zero-order chi connectivity index (χ0) is 24.6. The van der Waals surface area contributed by atoms with Gasteiger partial charge in [0.1, 0.15) is 17.0 Å². The number of halogens is 3. The number of amides is 3. The molecular weight excluding hydrogens is 443 g/mol. The van der Waals surface area contributed by atoms with E-state index in [2.05, 4.69) is 10.1 Å². The van der Waals surface area contributed by atoms with Crippen LogP contribution >= 0.6 is 0 Å². The Kier molecular flexibility index (Phi) is 8.66. The summed E-state index contributed by atoms with van der Waals surface area (Å²) in [7, 11) is 1.43. The van der Waals surface area contributed by atoms with Gasteiger partial charge in [0.05, 0.1) is 6.61 Å². The number of carbonyl (C=O) groups excluding carboxylic acids is 2. The first-order valence-electron chi connectivity index (χ1n) is 10.0. The molecule has 2 aromatic carbocycles. The second-order valence-corrected chi connectivity index (χ2v) is 7.53.